The van der Waals surface area contributed by atoms with Gasteiger partial charge in [0.15, 0.2) is 0 Å². The van der Waals surface area contributed by atoms with Gasteiger partial charge in [-0.2, -0.15) is 0 Å². The van der Waals surface area contributed by atoms with E-state index in [1.54, 1.807) is 11.3 Å². The van der Waals surface area contributed by atoms with Gasteiger partial charge in [-0.05, 0) is 64.2 Å². The second-order valence-corrected chi connectivity index (χ2v) is 5.75. The highest BCUT2D eigenvalue weighted by atomic mass is 127. The van der Waals surface area contributed by atoms with Crippen LogP contribution in [-0.2, 0) is 0 Å². The largest absolute Gasteiger partial charge is 0.384 e. The SMILES string of the molecule is Cc1sccc1C(O)c1ccc(I)cc1. The van der Waals surface area contributed by atoms with Crippen LogP contribution >= 0.6 is 33.9 Å². The van der Waals surface area contributed by atoms with Crippen molar-refractivity contribution in [2.45, 2.75) is 13.0 Å². The van der Waals surface area contributed by atoms with E-state index in [4.69, 9.17) is 0 Å². The Balaban J connectivity index is 2.32. The highest BCUT2D eigenvalue weighted by molar-refractivity contribution is 14.1. The van der Waals surface area contributed by atoms with Crippen LogP contribution in [0.1, 0.15) is 22.1 Å². The van der Waals surface area contributed by atoms with Crippen molar-refractivity contribution >= 4 is 33.9 Å². The molecule has 1 atom stereocenters. The third-order valence-corrected chi connectivity index (χ3v) is 3.96. The average Bonchev–Trinajstić information content (AvgIpc) is 2.65. The van der Waals surface area contributed by atoms with Crippen molar-refractivity contribution in [1.29, 1.82) is 0 Å². The number of aliphatic hydroxyl groups is 1. The van der Waals surface area contributed by atoms with E-state index < -0.39 is 6.10 Å². The molecule has 0 aliphatic heterocycles. The Kier molecular flexibility index (Phi) is 3.43. The Hall–Kier alpha value is -0.390. The summed E-state index contributed by atoms with van der Waals surface area (Å²) in [5, 5.41) is 12.2. The molecule has 1 aromatic heterocycles. The maximum atomic E-state index is 10.2. The fourth-order valence-electron chi connectivity index (χ4n) is 1.50. The number of rotatable bonds is 2. The van der Waals surface area contributed by atoms with Gasteiger partial charge in [-0.3, -0.25) is 0 Å². The van der Waals surface area contributed by atoms with Crippen molar-refractivity contribution in [1.82, 2.24) is 0 Å². The Morgan fingerprint density at radius 1 is 1.20 bits per heavy atom. The van der Waals surface area contributed by atoms with Crippen molar-refractivity contribution in [3.05, 3.63) is 55.3 Å². The molecule has 0 fully saturated rings. The maximum Gasteiger partial charge on any atom is 0.105 e. The number of aliphatic hydroxyl groups excluding tert-OH is 1. The van der Waals surface area contributed by atoms with Gasteiger partial charge in [0.1, 0.15) is 6.10 Å². The van der Waals surface area contributed by atoms with Crippen LogP contribution in [0.25, 0.3) is 0 Å². The summed E-state index contributed by atoms with van der Waals surface area (Å²) in [7, 11) is 0. The lowest BCUT2D eigenvalue weighted by molar-refractivity contribution is 0.220. The first-order valence-corrected chi connectivity index (χ1v) is 6.62. The fraction of sp³-hybridized carbons (Fsp3) is 0.167. The molecule has 0 spiro atoms. The quantitative estimate of drug-likeness (QED) is 0.832. The average molecular weight is 330 g/mol. The molecule has 15 heavy (non-hydrogen) atoms. The summed E-state index contributed by atoms with van der Waals surface area (Å²) in [6, 6.07) is 9.97. The van der Waals surface area contributed by atoms with E-state index in [2.05, 4.69) is 22.6 Å². The molecule has 0 aliphatic carbocycles. The van der Waals surface area contributed by atoms with E-state index in [1.165, 1.54) is 8.45 Å². The number of aryl methyl sites for hydroxylation is 1. The molecule has 0 radical (unpaired) electrons. The molecule has 0 bridgehead atoms. The van der Waals surface area contributed by atoms with Crippen molar-refractivity contribution in [3.8, 4) is 0 Å². The van der Waals surface area contributed by atoms with Gasteiger partial charge in [0, 0.05) is 8.45 Å². The number of hydrogen-bond donors (Lipinski definition) is 1. The summed E-state index contributed by atoms with van der Waals surface area (Å²) >= 11 is 3.93. The van der Waals surface area contributed by atoms with E-state index >= 15 is 0 Å². The molecule has 1 N–H and O–H groups in total. The fourth-order valence-corrected chi connectivity index (χ4v) is 2.60. The minimum absolute atomic E-state index is 0.492. The highest BCUT2D eigenvalue weighted by Crippen LogP contribution is 2.28. The standard InChI is InChI=1S/C12H11IOS/c1-8-11(6-7-15-8)12(14)9-2-4-10(13)5-3-9/h2-7,12,14H,1H3. The first kappa shape index (κ1) is 11.1. The van der Waals surface area contributed by atoms with Gasteiger partial charge < -0.3 is 5.11 Å². The minimum atomic E-state index is -0.492. The van der Waals surface area contributed by atoms with Gasteiger partial charge >= 0.3 is 0 Å². The van der Waals surface area contributed by atoms with Crippen LogP contribution in [0.5, 0.6) is 0 Å². The molecule has 0 amide bonds. The topological polar surface area (TPSA) is 20.2 Å². The first-order valence-electron chi connectivity index (χ1n) is 4.66. The summed E-state index contributed by atoms with van der Waals surface area (Å²) < 4.78 is 1.19. The lowest BCUT2D eigenvalue weighted by Gasteiger charge is -2.10. The van der Waals surface area contributed by atoms with Crippen LogP contribution in [0.15, 0.2) is 35.7 Å². The molecular formula is C12H11IOS. The molecule has 0 aliphatic rings. The molecule has 2 rings (SSSR count). The van der Waals surface area contributed by atoms with E-state index in [9.17, 15) is 5.11 Å². The predicted octanol–water partition coefficient (Wildman–Crippen LogP) is 3.74. The molecule has 1 nitrogen and oxygen atoms in total. The van der Waals surface area contributed by atoms with E-state index in [1.807, 2.05) is 42.6 Å². The number of thiophene rings is 1. The summed E-state index contributed by atoms with van der Waals surface area (Å²) in [4.78, 5) is 1.18. The van der Waals surface area contributed by atoms with Gasteiger partial charge in [-0.25, -0.2) is 0 Å². The van der Waals surface area contributed by atoms with Crippen LogP contribution in [0.2, 0.25) is 0 Å². The van der Waals surface area contributed by atoms with Gasteiger partial charge in [0.25, 0.3) is 0 Å². The maximum absolute atomic E-state index is 10.2. The van der Waals surface area contributed by atoms with Crippen LogP contribution in [0.4, 0.5) is 0 Å². The Bertz CT molecular complexity index is 447. The van der Waals surface area contributed by atoms with Gasteiger partial charge in [0.05, 0.1) is 0 Å². The van der Waals surface area contributed by atoms with Crippen molar-refractivity contribution in [2.24, 2.45) is 0 Å². The predicted molar refractivity (Wildman–Crippen MR) is 72.3 cm³/mol. The number of benzene rings is 1. The molecule has 1 heterocycles. The van der Waals surface area contributed by atoms with Crippen LogP contribution in [0, 0.1) is 10.5 Å². The Morgan fingerprint density at radius 3 is 2.40 bits per heavy atom. The summed E-state index contributed by atoms with van der Waals surface area (Å²) in [5.74, 6) is 0. The Labute approximate surface area is 107 Å². The van der Waals surface area contributed by atoms with Crippen molar-refractivity contribution < 1.29 is 5.11 Å². The van der Waals surface area contributed by atoms with E-state index in [0.717, 1.165) is 11.1 Å². The first-order chi connectivity index (χ1) is 7.18. The lowest BCUT2D eigenvalue weighted by Crippen LogP contribution is -1.99. The summed E-state index contributed by atoms with van der Waals surface area (Å²) in [6.07, 6.45) is -0.492. The molecule has 0 saturated carbocycles. The number of halogens is 1. The molecule has 1 unspecified atom stereocenters. The van der Waals surface area contributed by atoms with Gasteiger partial charge in [-0.15, -0.1) is 11.3 Å². The van der Waals surface area contributed by atoms with Crippen LogP contribution < -0.4 is 0 Å². The second-order valence-electron chi connectivity index (χ2n) is 3.39. The number of hydrogen-bond acceptors (Lipinski definition) is 2. The minimum Gasteiger partial charge on any atom is -0.384 e. The lowest BCUT2D eigenvalue weighted by atomic mass is 10.0. The zero-order valence-corrected chi connectivity index (χ0v) is 11.2. The van der Waals surface area contributed by atoms with Gasteiger partial charge in [0.2, 0.25) is 0 Å². The monoisotopic (exact) mass is 330 g/mol. The zero-order valence-electron chi connectivity index (χ0n) is 8.27. The summed E-state index contributed by atoms with van der Waals surface area (Å²) in [6.45, 7) is 2.04. The van der Waals surface area contributed by atoms with E-state index in [-0.39, 0.29) is 0 Å². The molecule has 1 aromatic carbocycles. The molecule has 0 saturated heterocycles. The molecule has 2 aromatic rings. The van der Waals surface area contributed by atoms with Crippen LogP contribution in [0.3, 0.4) is 0 Å². The van der Waals surface area contributed by atoms with Crippen LogP contribution in [-0.4, -0.2) is 5.11 Å². The highest BCUT2D eigenvalue weighted by Gasteiger charge is 2.13. The molecular weight excluding hydrogens is 319 g/mol. The third-order valence-electron chi connectivity index (χ3n) is 2.38. The summed E-state index contributed by atoms with van der Waals surface area (Å²) in [5.41, 5.74) is 1.97. The normalized spacial score (nSPS) is 12.7. The molecule has 3 heteroatoms. The third kappa shape index (κ3) is 2.41. The zero-order chi connectivity index (χ0) is 10.8. The molecule has 78 valence electrons. The van der Waals surface area contributed by atoms with Crippen molar-refractivity contribution in [3.63, 3.8) is 0 Å². The van der Waals surface area contributed by atoms with Gasteiger partial charge in [-0.1, -0.05) is 12.1 Å². The Morgan fingerprint density at radius 2 is 1.87 bits per heavy atom. The van der Waals surface area contributed by atoms with E-state index in [0.29, 0.717) is 0 Å². The smallest absolute Gasteiger partial charge is 0.105 e. The second kappa shape index (κ2) is 4.63. The van der Waals surface area contributed by atoms with Crippen molar-refractivity contribution in [2.75, 3.05) is 0 Å².